The van der Waals surface area contributed by atoms with Crippen molar-refractivity contribution in [2.45, 2.75) is 33.4 Å². The van der Waals surface area contributed by atoms with Crippen molar-refractivity contribution in [1.82, 2.24) is 9.88 Å². The zero-order chi connectivity index (χ0) is 21.1. The average molecular weight is 409 g/mol. The van der Waals surface area contributed by atoms with E-state index in [-0.39, 0.29) is 11.5 Å². The molecule has 1 amide bonds. The Bertz CT molecular complexity index is 1090. The molecule has 0 saturated carbocycles. The van der Waals surface area contributed by atoms with Crippen LogP contribution in [-0.4, -0.2) is 36.8 Å². The van der Waals surface area contributed by atoms with Crippen LogP contribution in [0.5, 0.6) is 0 Å². The number of hydrogen-bond acceptors (Lipinski definition) is 5. The Morgan fingerprint density at radius 1 is 1.13 bits per heavy atom. The molecule has 1 aliphatic rings. The highest BCUT2D eigenvalue weighted by molar-refractivity contribution is 6.06. The fourth-order valence-electron chi connectivity index (χ4n) is 3.87. The lowest BCUT2D eigenvalue weighted by Crippen LogP contribution is -2.36. The van der Waals surface area contributed by atoms with E-state index in [2.05, 4.69) is 22.3 Å². The number of rotatable bonds is 6. The van der Waals surface area contributed by atoms with Crippen LogP contribution in [0.4, 0.5) is 5.69 Å². The summed E-state index contributed by atoms with van der Waals surface area (Å²) in [4.78, 5) is 28.0. The first-order chi connectivity index (χ1) is 14.6. The smallest absolute Gasteiger partial charge is 0.262 e. The molecule has 7 nitrogen and oxygen atoms in total. The number of aromatic nitrogens is 1. The van der Waals surface area contributed by atoms with Gasteiger partial charge in [-0.2, -0.15) is 0 Å². The molecular formula is C23H27N3O4. The fraction of sp³-hybridized carbons (Fsp3) is 0.391. The molecule has 3 aromatic rings. The Morgan fingerprint density at radius 3 is 2.57 bits per heavy atom. The first kappa shape index (κ1) is 20.2. The third-order valence-corrected chi connectivity index (χ3v) is 5.45. The van der Waals surface area contributed by atoms with E-state index in [4.69, 9.17) is 9.15 Å². The van der Waals surface area contributed by atoms with Crippen LogP contribution in [0.2, 0.25) is 0 Å². The summed E-state index contributed by atoms with van der Waals surface area (Å²) in [6, 6.07) is 9.91. The van der Waals surface area contributed by atoms with Gasteiger partial charge in [-0.15, -0.1) is 0 Å². The van der Waals surface area contributed by atoms with Crippen LogP contribution >= 0.6 is 0 Å². The van der Waals surface area contributed by atoms with Gasteiger partial charge in [-0.3, -0.25) is 9.59 Å². The lowest BCUT2D eigenvalue weighted by Gasteiger charge is -2.28. The second-order valence-electron chi connectivity index (χ2n) is 7.54. The van der Waals surface area contributed by atoms with Gasteiger partial charge in [-0.1, -0.05) is 19.1 Å². The van der Waals surface area contributed by atoms with Crippen LogP contribution in [0.15, 0.2) is 45.7 Å². The third kappa shape index (κ3) is 3.98. The Hall–Kier alpha value is -3.06. The third-order valence-electron chi connectivity index (χ3n) is 5.45. The molecule has 30 heavy (non-hydrogen) atoms. The molecule has 1 fully saturated rings. The Balaban J connectivity index is 1.50. The predicted molar refractivity (Wildman–Crippen MR) is 116 cm³/mol. The molecule has 1 aliphatic heterocycles. The Kier molecular flexibility index (Phi) is 5.90. The monoisotopic (exact) mass is 409 g/mol. The molecule has 0 bridgehead atoms. The first-order valence-electron chi connectivity index (χ1n) is 10.4. The summed E-state index contributed by atoms with van der Waals surface area (Å²) in [5, 5.41) is 3.28. The van der Waals surface area contributed by atoms with Crippen molar-refractivity contribution in [2.24, 2.45) is 0 Å². The zero-order valence-corrected chi connectivity index (χ0v) is 17.4. The number of benzene rings is 1. The zero-order valence-electron chi connectivity index (χ0n) is 17.4. The minimum absolute atomic E-state index is 0.189. The number of nitrogens with zero attached hydrogens (tertiary/aromatic N) is 2. The second kappa shape index (κ2) is 8.75. The molecule has 2 aromatic heterocycles. The van der Waals surface area contributed by atoms with Gasteiger partial charge in [0.05, 0.1) is 24.2 Å². The van der Waals surface area contributed by atoms with E-state index in [9.17, 15) is 9.59 Å². The van der Waals surface area contributed by atoms with E-state index < -0.39 is 0 Å². The van der Waals surface area contributed by atoms with Crippen LogP contribution in [0.3, 0.4) is 0 Å². The summed E-state index contributed by atoms with van der Waals surface area (Å²) >= 11 is 0. The molecule has 1 N–H and O–H groups in total. The van der Waals surface area contributed by atoms with E-state index in [1.54, 1.807) is 23.8 Å². The number of anilines is 1. The van der Waals surface area contributed by atoms with E-state index in [0.29, 0.717) is 35.4 Å². The Labute approximate surface area is 175 Å². The van der Waals surface area contributed by atoms with Gasteiger partial charge in [0.2, 0.25) is 0 Å². The fourth-order valence-corrected chi connectivity index (χ4v) is 3.87. The van der Waals surface area contributed by atoms with Gasteiger partial charge in [0.25, 0.3) is 11.5 Å². The summed E-state index contributed by atoms with van der Waals surface area (Å²) in [6.45, 7) is 7.98. The Morgan fingerprint density at radius 2 is 1.87 bits per heavy atom. The van der Waals surface area contributed by atoms with Gasteiger partial charge < -0.3 is 23.9 Å². The van der Waals surface area contributed by atoms with Gasteiger partial charge >= 0.3 is 0 Å². The van der Waals surface area contributed by atoms with Crippen LogP contribution in [0.25, 0.3) is 11.0 Å². The van der Waals surface area contributed by atoms with Crippen molar-refractivity contribution in [3.05, 3.63) is 63.8 Å². The number of aryl methyl sites for hydroxylation is 2. The van der Waals surface area contributed by atoms with E-state index in [1.807, 2.05) is 19.1 Å². The highest BCUT2D eigenvalue weighted by atomic mass is 16.5. The number of nitrogens with one attached hydrogen (secondary N) is 1. The van der Waals surface area contributed by atoms with E-state index in [0.717, 1.165) is 44.0 Å². The molecular weight excluding hydrogens is 382 g/mol. The van der Waals surface area contributed by atoms with Crippen LogP contribution in [-0.2, 0) is 17.8 Å². The van der Waals surface area contributed by atoms with Crippen molar-refractivity contribution in [3.8, 4) is 0 Å². The number of fused-ring (bicyclic) bond motifs is 1. The number of carbonyl (C=O) groups is 1. The molecule has 0 radical (unpaired) electrons. The van der Waals surface area contributed by atoms with Crippen molar-refractivity contribution in [1.29, 1.82) is 0 Å². The molecule has 1 aromatic carbocycles. The van der Waals surface area contributed by atoms with Crippen LogP contribution < -0.4 is 15.8 Å². The van der Waals surface area contributed by atoms with Gasteiger partial charge in [0, 0.05) is 38.1 Å². The van der Waals surface area contributed by atoms with E-state index >= 15 is 0 Å². The maximum absolute atomic E-state index is 12.9. The molecule has 158 valence electrons. The SMILES string of the molecule is CCCn1ccc2oc(C)c(C(=O)NCc3ccc(N4CCOCC4)cc3)c2c1=O. The molecule has 0 spiro atoms. The molecule has 3 heterocycles. The predicted octanol–water partition coefficient (Wildman–Crippen LogP) is 3.08. The molecule has 0 atom stereocenters. The lowest BCUT2D eigenvalue weighted by molar-refractivity contribution is 0.0950. The molecule has 4 rings (SSSR count). The van der Waals surface area contributed by atoms with Crippen molar-refractivity contribution < 1.29 is 13.9 Å². The molecule has 7 heteroatoms. The number of ether oxygens (including phenoxy) is 1. The standard InChI is InChI=1S/C23H27N3O4/c1-3-9-26-10-8-19-21(23(26)28)20(16(2)30-19)22(27)24-15-17-4-6-18(7-5-17)25-11-13-29-14-12-25/h4-8,10H,3,9,11-15H2,1-2H3,(H,24,27). The summed E-state index contributed by atoms with van der Waals surface area (Å²) < 4.78 is 12.7. The highest BCUT2D eigenvalue weighted by Gasteiger charge is 2.21. The van der Waals surface area contributed by atoms with Gasteiger partial charge in [-0.05, 0) is 37.1 Å². The minimum atomic E-state index is -0.296. The van der Waals surface area contributed by atoms with Crippen LogP contribution in [0, 0.1) is 6.92 Å². The topological polar surface area (TPSA) is 76.7 Å². The van der Waals surface area contributed by atoms with Gasteiger partial charge in [0.15, 0.2) is 0 Å². The van der Waals surface area contributed by atoms with Crippen molar-refractivity contribution in [3.63, 3.8) is 0 Å². The summed E-state index contributed by atoms with van der Waals surface area (Å²) in [5.41, 5.74) is 2.73. The highest BCUT2D eigenvalue weighted by Crippen LogP contribution is 2.23. The summed E-state index contributed by atoms with van der Waals surface area (Å²) in [6.07, 6.45) is 2.55. The second-order valence-corrected chi connectivity index (χ2v) is 7.54. The quantitative estimate of drug-likeness (QED) is 0.677. The molecule has 1 saturated heterocycles. The van der Waals surface area contributed by atoms with E-state index in [1.165, 1.54) is 0 Å². The van der Waals surface area contributed by atoms with Crippen molar-refractivity contribution in [2.75, 3.05) is 31.2 Å². The lowest BCUT2D eigenvalue weighted by atomic mass is 10.1. The maximum Gasteiger partial charge on any atom is 0.262 e. The number of pyridine rings is 1. The average Bonchev–Trinajstić information content (AvgIpc) is 3.12. The molecule has 0 aliphatic carbocycles. The van der Waals surface area contributed by atoms with Crippen molar-refractivity contribution >= 4 is 22.6 Å². The molecule has 0 unspecified atom stereocenters. The number of carbonyl (C=O) groups excluding carboxylic acids is 1. The van der Waals surface area contributed by atoms with Crippen LogP contribution in [0.1, 0.15) is 35.0 Å². The van der Waals surface area contributed by atoms with Gasteiger partial charge in [0.1, 0.15) is 11.3 Å². The number of hydrogen-bond donors (Lipinski definition) is 1. The summed E-state index contributed by atoms with van der Waals surface area (Å²) in [5.74, 6) is 0.159. The maximum atomic E-state index is 12.9. The normalized spacial score (nSPS) is 14.3. The minimum Gasteiger partial charge on any atom is -0.460 e. The summed E-state index contributed by atoms with van der Waals surface area (Å²) in [7, 11) is 0. The number of furan rings is 1. The first-order valence-corrected chi connectivity index (χ1v) is 10.4. The number of morpholine rings is 1. The number of amides is 1. The van der Waals surface area contributed by atoms with Gasteiger partial charge in [-0.25, -0.2) is 0 Å². The largest absolute Gasteiger partial charge is 0.460 e.